The summed E-state index contributed by atoms with van der Waals surface area (Å²) in [6.45, 7) is 3.63. The number of carboxylic acid groups (broad SMARTS) is 1. The molecule has 5 heteroatoms. The summed E-state index contributed by atoms with van der Waals surface area (Å²) in [4.78, 5) is 24.1. The number of piperidine rings is 1. The standard InChI is InChI=1S/C11H19NO4/c1-11(2,3)16-10(15)12-7-5-4-6-8(12)9(13)14/h8H,4-7H2,1-3H3,(H,13,14)/i1D. The van der Waals surface area contributed by atoms with Crippen molar-refractivity contribution in [2.24, 2.45) is 0 Å². The molecule has 1 aliphatic heterocycles. The second kappa shape index (κ2) is 4.72. The van der Waals surface area contributed by atoms with Crippen molar-refractivity contribution < 1.29 is 20.8 Å². The van der Waals surface area contributed by atoms with Crippen molar-refractivity contribution in [3.8, 4) is 0 Å². The molecule has 1 amide bonds. The summed E-state index contributed by atoms with van der Waals surface area (Å²) >= 11 is 0. The lowest BCUT2D eigenvalue weighted by Crippen LogP contribution is -2.49. The van der Waals surface area contributed by atoms with Gasteiger partial charge in [-0.05, 0) is 40.0 Å². The van der Waals surface area contributed by atoms with Crippen molar-refractivity contribution in [3.63, 3.8) is 0 Å². The fourth-order valence-electron chi connectivity index (χ4n) is 1.70. The van der Waals surface area contributed by atoms with E-state index < -0.39 is 23.7 Å². The quantitative estimate of drug-likeness (QED) is 0.746. The Balaban J connectivity index is 2.69. The first-order valence-electron chi connectivity index (χ1n) is 6.10. The fourth-order valence-corrected chi connectivity index (χ4v) is 1.70. The van der Waals surface area contributed by atoms with Gasteiger partial charge in [0.05, 0.1) is 0 Å². The minimum absolute atomic E-state index is 0.0513. The van der Waals surface area contributed by atoms with E-state index in [1.165, 1.54) is 4.90 Å². The third-order valence-corrected chi connectivity index (χ3v) is 2.39. The number of likely N-dealkylation sites (tertiary alicyclic amines) is 1. The van der Waals surface area contributed by atoms with E-state index in [9.17, 15) is 9.59 Å². The van der Waals surface area contributed by atoms with E-state index in [1.807, 2.05) is 0 Å². The zero-order valence-corrected chi connectivity index (χ0v) is 9.73. The lowest BCUT2D eigenvalue weighted by molar-refractivity contribution is -0.144. The highest BCUT2D eigenvalue weighted by Crippen LogP contribution is 2.20. The van der Waals surface area contributed by atoms with Gasteiger partial charge in [-0.3, -0.25) is 4.90 Å². The average molecular weight is 230 g/mol. The molecule has 1 saturated heterocycles. The van der Waals surface area contributed by atoms with Gasteiger partial charge < -0.3 is 9.84 Å². The average Bonchev–Trinajstić information content (AvgIpc) is 2.28. The van der Waals surface area contributed by atoms with E-state index in [1.54, 1.807) is 13.8 Å². The molecule has 0 saturated carbocycles. The molecule has 5 nitrogen and oxygen atoms in total. The monoisotopic (exact) mass is 230 g/mol. The van der Waals surface area contributed by atoms with Crippen LogP contribution in [-0.4, -0.2) is 40.3 Å². The molecule has 1 rings (SSSR count). The molecule has 0 radical (unpaired) electrons. The van der Waals surface area contributed by atoms with Gasteiger partial charge in [0.2, 0.25) is 0 Å². The van der Waals surface area contributed by atoms with Gasteiger partial charge in [0.1, 0.15) is 11.6 Å². The maximum atomic E-state index is 11.8. The summed E-state index contributed by atoms with van der Waals surface area (Å²) in [6, 6.07) is -0.794. The number of carbonyl (C=O) groups is 2. The van der Waals surface area contributed by atoms with Crippen molar-refractivity contribution >= 4 is 12.1 Å². The predicted molar refractivity (Wildman–Crippen MR) is 58.2 cm³/mol. The minimum atomic E-state index is -0.995. The Kier molecular flexibility index (Phi) is 3.31. The van der Waals surface area contributed by atoms with Gasteiger partial charge in [-0.2, -0.15) is 0 Å². The molecular weight excluding hydrogens is 210 g/mol. The van der Waals surface area contributed by atoms with E-state index in [0.29, 0.717) is 13.0 Å². The van der Waals surface area contributed by atoms with Crippen LogP contribution >= 0.6 is 0 Å². The Morgan fingerprint density at radius 3 is 2.75 bits per heavy atom. The van der Waals surface area contributed by atoms with Gasteiger partial charge in [0.15, 0.2) is 0 Å². The van der Waals surface area contributed by atoms with Gasteiger partial charge in [0, 0.05) is 7.92 Å². The second-order valence-corrected chi connectivity index (χ2v) is 4.67. The third kappa shape index (κ3) is 3.40. The summed E-state index contributed by atoms with van der Waals surface area (Å²) in [7, 11) is 0. The van der Waals surface area contributed by atoms with Gasteiger partial charge >= 0.3 is 12.1 Å². The highest BCUT2D eigenvalue weighted by molar-refractivity contribution is 5.80. The van der Waals surface area contributed by atoms with Crippen LogP contribution in [0.5, 0.6) is 0 Å². The van der Waals surface area contributed by atoms with Gasteiger partial charge in [-0.1, -0.05) is 0 Å². The molecule has 92 valence electrons. The Labute approximate surface area is 96.8 Å². The van der Waals surface area contributed by atoms with Crippen LogP contribution in [0.1, 0.15) is 41.4 Å². The molecule has 1 atom stereocenters. The molecule has 16 heavy (non-hydrogen) atoms. The van der Waals surface area contributed by atoms with Crippen LogP contribution in [0.25, 0.3) is 0 Å². The summed E-state index contributed by atoms with van der Waals surface area (Å²) in [6.07, 6.45) is 1.43. The summed E-state index contributed by atoms with van der Waals surface area (Å²) in [5.74, 6) is -0.995. The lowest BCUT2D eigenvalue weighted by Gasteiger charge is -2.34. The molecule has 0 aromatic rings. The van der Waals surface area contributed by atoms with Gasteiger partial charge in [0.25, 0.3) is 0 Å². The molecule has 0 spiro atoms. The number of amides is 1. The molecule has 0 bridgehead atoms. The normalized spacial score (nSPS) is 22.5. The highest BCUT2D eigenvalue weighted by Gasteiger charge is 2.34. The number of ether oxygens (including phenoxy) is 1. The number of carbonyl (C=O) groups excluding carboxylic acids is 1. The van der Waals surface area contributed by atoms with Crippen LogP contribution in [0.15, 0.2) is 0 Å². The first-order valence-corrected chi connectivity index (χ1v) is 5.39. The number of nitrogens with zero attached hydrogens (tertiary/aromatic N) is 1. The predicted octanol–water partition coefficient (Wildman–Crippen LogP) is 1.86. The smallest absolute Gasteiger partial charge is 0.411 e. The molecule has 0 aromatic heterocycles. The molecule has 1 fully saturated rings. The zero-order valence-electron chi connectivity index (χ0n) is 10.7. The topological polar surface area (TPSA) is 66.8 Å². The van der Waals surface area contributed by atoms with Crippen LogP contribution in [0, 0.1) is 0 Å². The number of hydrogen-bond acceptors (Lipinski definition) is 3. The Bertz CT molecular complexity index is 306. The van der Waals surface area contributed by atoms with Crippen LogP contribution in [0.4, 0.5) is 4.79 Å². The van der Waals surface area contributed by atoms with Crippen molar-refractivity contribution in [2.45, 2.75) is 51.7 Å². The summed E-state index contributed by atoms with van der Waals surface area (Å²) < 4.78 is 12.4. The SMILES string of the molecule is [2H]CC(C)(C)OC(=O)N1CCCCC1C(=O)O. The van der Waals surface area contributed by atoms with E-state index in [-0.39, 0.29) is 6.90 Å². The van der Waals surface area contributed by atoms with Crippen molar-refractivity contribution in [1.29, 1.82) is 0 Å². The molecule has 1 aliphatic rings. The Morgan fingerprint density at radius 1 is 1.50 bits per heavy atom. The van der Waals surface area contributed by atoms with E-state index in [2.05, 4.69) is 0 Å². The van der Waals surface area contributed by atoms with Gasteiger partial charge in [-0.15, -0.1) is 0 Å². The maximum absolute atomic E-state index is 11.8. The molecule has 0 aliphatic carbocycles. The van der Waals surface area contributed by atoms with Crippen LogP contribution in [0.2, 0.25) is 0 Å². The van der Waals surface area contributed by atoms with E-state index in [4.69, 9.17) is 11.2 Å². The molecule has 1 unspecified atom stereocenters. The van der Waals surface area contributed by atoms with Crippen molar-refractivity contribution in [3.05, 3.63) is 0 Å². The first-order chi connectivity index (χ1) is 7.87. The number of aliphatic carboxylic acids is 1. The molecular formula is C11H19NO4. The molecule has 1 N–H and O–H groups in total. The van der Waals surface area contributed by atoms with E-state index in [0.717, 1.165) is 12.8 Å². The van der Waals surface area contributed by atoms with Crippen molar-refractivity contribution in [2.75, 3.05) is 6.54 Å². The first kappa shape index (κ1) is 11.2. The van der Waals surface area contributed by atoms with Crippen LogP contribution in [-0.2, 0) is 9.53 Å². The minimum Gasteiger partial charge on any atom is -0.480 e. The number of carboxylic acids is 1. The highest BCUT2D eigenvalue weighted by atomic mass is 16.6. The number of hydrogen-bond donors (Lipinski definition) is 1. The molecule has 0 aromatic carbocycles. The number of rotatable bonds is 1. The third-order valence-electron chi connectivity index (χ3n) is 2.39. The molecule has 1 heterocycles. The second-order valence-electron chi connectivity index (χ2n) is 4.67. The summed E-state index contributed by atoms with van der Waals surface area (Å²) in [5, 5.41) is 9.03. The zero-order chi connectivity index (χ0) is 13.1. The summed E-state index contributed by atoms with van der Waals surface area (Å²) in [5.41, 5.74) is -0.877. The van der Waals surface area contributed by atoms with E-state index >= 15 is 0 Å². The lowest BCUT2D eigenvalue weighted by atomic mass is 10.0. The Morgan fingerprint density at radius 2 is 2.19 bits per heavy atom. The fraction of sp³-hybridized carbons (Fsp3) is 0.818. The Hall–Kier alpha value is -1.26. The maximum Gasteiger partial charge on any atom is 0.411 e. The van der Waals surface area contributed by atoms with Crippen LogP contribution < -0.4 is 0 Å². The van der Waals surface area contributed by atoms with Gasteiger partial charge in [-0.25, -0.2) is 9.59 Å². The van der Waals surface area contributed by atoms with Crippen molar-refractivity contribution in [1.82, 2.24) is 4.90 Å². The largest absolute Gasteiger partial charge is 0.480 e. The van der Waals surface area contributed by atoms with Crippen LogP contribution in [0.3, 0.4) is 0 Å².